The van der Waals surface area contributed by atoms with Crippen LogP contribution in [0.2, 0.25) is 0 Å². The van der Waals surface area contributed by atoms with Crippen LogP contribution in [0.5, 0.6) is 0 Å². The summed E-state index contributed by atoms with van der Waals surface area (Å²) in [5.41, 5.74) is 4.77. The number of carboxylic acid groups (broad SMARTS) is 1. The summed E-state index contributed by atoms with van der Waals surface area (Å²) in [6, 6.07) is -1.05. The van der Waals surface area contributed by atoms with Crippen molar-refractivity contribution < 1.29 is 62.7 Å². The molecular formula is C16H16N5NaO7S4. The average Bonchev–Trinajstić information content (AvgIpc) is 3.14. The zero-order valence-electron chi connectivity index (χ0n) is 17.2. The number of thioether (sulfide) groups is 2. The topological polar surface area (TPSA) is 195 Å². The number of oxime groups is 1. The maximum atomic E-state index is 12.6. The first-order chi connectivity index (χ1) is 15.0. The number of aliphatic carboxylic acids is 1. The van der Waals surface area contributed by atoms with Gasteiger partial charge in [-0.1, -0.05) is 23.0 Å². The summed E-state index contributed by atoms with van der Waals surface area (Å²) in [4.78, 5) is 42.0. The SMILES string of the molecule is CS(=O)(=O)C/C=C\SC1=C(C(=O)[O-])N2C(=O)C(NC(=O)/C(=N\O)c3csc(N)n3)[C@H]2SC1.[Na+]. The van der Waals surface area contributed by atoms with Crippen molar-refractivity contribution in [2.24, 2.45) is 5.16 Å². The summed E-state index contributed by atoms with van der Waals surface area (Å²) in [5, 5.41) is 28.5. The van der Waals surface area contributed by atoms with E-state index in [1.54, 1.807) is 0 Å². The first-order valence-corrected chi connectivity index (χ1v) is 13.5. The number of β-lactam (4-membered cyclic amide) rings is 1. The Morgan fingerprint density at radius 3 is 2.76 bits per heavy atom. The number of thiazole rings is 1. The molecule has 2 aliphatic heterocycles. The van der Waals surface area contributed by atoms with E-state index in [-0.39, 0.29) is 57.6 Å². The number of hydrogen-bond donors (Lipinski definition) is 3. The molecule has 0 spiro atoms. The number of nitrogen functional groups attached to an aromatic ring is 1. The average molecular weight is 542 g/mol. The first kappa shape index (κ1) is 27.7. The van der Waals surface area contributed by atoms with Crippen LogP contribution >= 0.6 is 34.9 Å². The van der Waals surface area contributed by atoms with Gasteiger partial charge in [0.25, 0.3) is 11.8 Å². The van der Waals surface area contributed by atoms with Crippen LogP contribution in [0.15, 0.2) is 32.6 Å². The predicted octanol–water partition coefficient (Wildman–Crippen LogP) is -4.44. The van der Waals surface area contributed by atoms with Gasteiger partial charge in [0.2, 0.25) is 0 Å². The second kappa shape index (κ2) is 11.2. The van der Waals surface area contributed by atoms with E-state index >= 15 is 0 Å². The zero-order valence-corrected chi connectivity index (χ0v) is 22.5. The Labute approximate surface area is 223 Å². The van der Waals surface area contributed by atoms with Crippen molar-refractivity contribution in [3.8, 4) is 0 Å². The minimum atomic E-state index is -3.21. The molecule has 1 saturated heterocycles. The van der Waals surface area contributed by atoms with Crippen LogP contribution in [0.3, 0.4) is 0 Å². The normalized spacial score (nSPS) is 20.8. The minimum absolute atomic E-state index is 0. The number of carbonyl (C=O) groups is 3. The molecule has 2 aliphatic rings. The quantitative estimate of drug-likeness (QED) is 0.0944. The summed E-state index contributed by atoms with van der Waals surface area (Å²) < 4.78 is 22.4. The summed E-state index contributed by atoms with van der Waals surface area (Å²) in [6.45, 7) is 0. The third-order valence-corrected chi connectivity index (χ3v) is 8.08. The number of fused-ring (bicyclic) bond motifs is 1. The first-order valence-electron chi connectivity index (χ1n) is 8.66. The fourth-order valence-corrected chi connectivity index (χ4v) is 6.27. The number of aromatic nitrogens is 1. The summed E-state index contributed by atoms with van der Waals surface area (Å²) in [7, 11) is -3.21. The molecule has 12 nitrogen and oxygen atoms in total. The second-order valence-corrected chi connectivity index (χ2v) is 11.7. The Hall–Kier alpha value is -1.56. The van der Waals surface area contributed by atoms with Gasteiger partial charge in [-0.15, -0.1) is 23.1 Å². The van der Waals surface area contributed by atoms with E-state index in [2.05, 4.69) is 15.5 Å². The molecule has 0 radical (unpaired) electrons. The van der Waals surface area contributed by atoms with E-state index in [1.807, 2.05) is 0 Å². The standard InChI is InChI=1S/C16H17N5O7S4.Na/c1-32(27,28)4-2-3-29-8-6-30-14-10(13(23)21(14)11(8)15(24)25)19-12(22)9(20-26)7-5-31-16(17)18-7;/h2-3,5,10,14,26H,4,6H2,1H3,(H2,17,18)(H,19,22)(H,24,25);/q;+1/p-1/b3-2-,20-9-;/t10?,14-;/m1./s1. The molecule has 0 aliphatic carbocycles. The van der Waals surface area contributed by atoms with Crippen LogP contribution < -0.4 is 45.7 Å². The van der Waals surface area contributed by atoms with Gasteiger partial charge >= 0.3 is 29.6 Å². The Morgan fingerprint density at radius 1 is 1.52 bits per heavy atom. The van der Waals surface area contributed by atoms with Gasteiger partial charge in [0.05, 0.1) is 17.4 Å². The molecular weight excluding hydrogens is 525 g/mol. The Balaban J connectivity index is 0.00000385. The molecule has 1 aromatic rings. The second-order valence-electron chi connectivity index (χ2n) is 6.52. The van der Waals surface area contributed by atoms with E-state index in [1.165, 1.54) is 28.6 Å². The van der Waals surface area contributed by atoms with Gasteiger partial charge in [0.1, 0.15) is 17.1 Å². The Bertz CT molecular complexity index is 1160. The zero-order chi connectivity index (χ0) is 23.6. The summed E-state index contributed by atoms with van der Waals surface area (Å²) >= 11 is 3.22. The molecule has 3 rings (SSSR count). The molecule has 1 aromatic heterocycles. The number of carboxylic acids is 1. The molecule has 1 fully saturated rings. The van der Waals surface area contributed by atoms with E-state index in [4.69, 9.17) is 5.73 Å². The molecule has 4 N–H and O–H groups in total. The van der Waals surface area contributed by atoms with Crippen LogP contribution in [0.4, 0.5) is 5.13 Å². The van der Waals surface area contributed by atoms with E-state index in [9.17, 15) is 33.1 Å². The van der Waals surface area contributed by atoms with Gasteiger partial charge in [-0.3, -0.25) is 14.5 Å². The molecule has 172 valence electrons. The van der Waals surface area contributed by atoms with Gasteiger partial charge in [-0.2, -0.15) is 0 Å². The molecule has 33 heavy (non-hydrogen) atoms. The van der Waals surface area contributed by atoms with Crippen LogP contribution in [-0.2, 0) is 24.2 Å². The molecule has 2 amide bonds. The molecule has 2 atom stereocenters. The van der Waals surface area contributed by atoms with Crippen LogP contribution in [-0.4, -0.2) is 76.2 Å². The Kier molecular flexibility index (Phi) is 9.43. The predicted molar refractivity (Wildman–Crippen MR) is 118 cm³/mol. The van der Waals surface area contributed by atoms with Gasteiger partial charge in [0, 0.05) is 22.3 Å². The van der Waals surface area contributed by atoms with Crippen LogP contribution in [0, 0.1) is 0 Å². The van der Waals surface area contributed by atoms with Gasteiger partial charge < -0.3 is 26.2 Å². The van der Waals surface area contributed by atoms with Gasteiger partial charge in [-0.05, 0) is 5.41 Å². The number of nitrogens with zero attached hydrogens (tertiary/aromatic N) is 3. The van der Waals surface area contributed by atoms with Crippen molar-refractivity contribution >= 4 is 73.3 Å². The number of anilines is 1. The number of nitrogens with one attached hydrogen (secondary N) is 1. The fourth-order valence-electron chi connectivity index (χ4n) is 2.83. The number of nitrogens with two attached hydrogens (primary N) is 1. The van der Waals surface area contributed by atoms with Crippen molar-refractivity contribution in [3.05, 3.63) is 33.2 Å². The molecule has 3 heterocycles. The number of sulfone groups is 1. The van der Waals surface area contributed by atoms with Crippen molar-refractivity contribution in [1.82, 2.24) is 15.2 Å². The number of hydrogen-bond acceptors (Lipinski definition) is 13. The number of carbonyl (C=O) groups excluding carboxylic acids is 3. The smallest absolute Gasteiger partial charge is 0.543 e. The van der Waals surface area contributed by atoms with E-state index in [0.29, 0.717) is 4.91 Å². The molecule has 0 bridgehead atoms. The third-order valence-electron chi connectivity index (χ3n) is 4.20. The molecule has 1 unspecified atom stereocenters. The maximum Gasteiger partial charge on any atom is 1.00 e. The van der Waals surface area contributed by atoms with E-state index < -0.39 is 44.7 Å². The fraction of sp³-hybridized carbons (Fsp3) is 0.312. The van der Waals surface area contributed by atoms with Crippen molar-refractivity contribution in [3.63, 3.8) is 0 Å². The van der Waals surface area contributed by atoms with Crippen molar-refractivity contribution in [1.29, 1.82) is 0 Å². The minimum Gasteiger partial charge on any atom is -0.543 e. The monoisotopic (exact) mass is 541 g/mol. The van der Waals surface area contributed by atoms with Crippen molar-refractivity contribution in [2.45, 2.75) is 11.4 Å². The summed E-state index contributed by atoms with van der Waals surface area (Å²) in [6.07, 6.45) is 2.44. The largest absolute Gasteiger partial charge is 1.00 e. The molecule has 0 aromatic carbocycles. The van der Waals surface area contributed by atoms with Gasteiger partial charge in [-0.25, -0.2) is 13.4 Å². The van der Waals surface area contributed by atoms with Crippen LogP contribution in [0.25, 0.3) is 0 Å². The summed E-state index contributed by atoms with van der Waals surface area (Å²) in [5.74, 6) is -3.13. The maximum absolute atomic E-state index is 12.6. The van der Waals surface area contributed by atoms with E-state index in [0.717, 1.165) is 34.3 Å². The molecule has 17 heteroatoms. The molecule has 0 saturated carbocycles. The van der Waals surface area contributed by atoms with Crippen LogP contribution in [0.1, 0.15) is 5.69 Å². The Morgan fingerprint density at radius 2 is 2.21 bits per heavy atom. The number of rotatable bonds is 8. The van der Waals surface area contributed by atoms with Gasteiger partial charge in [0.15, 0.2) is 20.7 Å². The third kappa shape index (κ3) is 6.32. The van der Waals surface area contributed by atoms with Crippen molar-refractivity contribution in [2.75, 3.05) is 23.5 Å². The number of amides is 2.